The number of benzene rings is 2. The zero-order valence-electron chi connectivity index (χ0n) is 15.5. The van der Waals surface area contributed by atoms with E-state index in [0.29, 0.717) is 18.3 Å². The van der Waals surface area contributed by atoms with Crippen molar-refractivity contribution in [2.45, 2.75) is 32.7 Å². The van der Waals surface area contributed by atoms with Crippen LogP contribution in [-0.2, 0) is 0 Å². The number of nitrogens with zero attached hydrogens (tertiary/aromatic N) is 3. The van der Waals surface area contributed by atoms with Gasteiger partial charge in [0.2, 0.25) is 11.7 Å². The van der Waals surface area contributed by atoms with Gasteiger partial charge in [0.05, 0.1) is 0 Å². The van der Waals surface area contributed by atoms with Crippen LogP contribution in [0, 0.1) is 13.8 Å². The Balaban J connectivity index is 1.52. The van der Waals surface area contributed by atoms with Gasteiger partial charge in [0, 0.05) is 17.8 Å². The van der Waals surface area contributed by atoms with Gasteiger partial charge in [-0.2, -0.15) is 4.98 Å². The number of likely N-dealkylation sites (tertiary alicyclic amines) is 1. The largest absolute Gasteiger partial charge is 0.337 e. The zero-order valence-corrected chi connectivity index (χ0v) is 15.5. The van der Waals surface area contributed by atoms with Crippen molar-refractivity contribution >= 4 is 11.7 Å². The minimum Gasteiger partial charge on any atom is -0.337 e. The Morgan fingerprint density at radius 2 is 1.93 bits per heavy atom. The van der Waals surface area contributed by atoms with E-state index < -0.39 is 0 Å². The first kappa shape index (κ1) is 17.3. The van der Waals surface area contributed by atoms with E-state index in [1.54, 1.807) is 4.90 Å². The lowest BCUT2D eigenvalue weighted by Gasteiger charge is -2.22. The number of rotatable bonds is 3. The van der Waals surface area contributed by atoms with Gasteiger partial charge in [-0.3, -0.25) is 0 Å². The molecule has 1 unspecified atom stereocenters. The molecule has 1 fully saturated rings. The predicted octanol–water partition coefficient (Wildman–Crippen LogP) is 4.72. The molecule has 0 saturated carbocycles. The first-order valence-corrected chi connectivity index (χ1v) is 9.16. The highest BCUT2D eigenvalue weighted by molar-refractivity contribution is 5.90. The SMILES string of the molecule is Cc1ccc(-c2noc(C3CCCN3C(=O)Nc3ccccc3C)n2)cc1. The molecule has 0 radical (unpaired) electrons. The van der Waals surface area contributed by atoms with Gasteiger partial charge in [0.25, 0.3) is 0 Å². The van der Waals surface area contributed by atoms with Crippen molar-refractivity contribution in [3.8, 4) is 11.4 Å². The molecule has 2 amide bonds. The molecule has 1 aromatic heterocycles. The molecule has 138 valence electrons. The Bertz CT molecular complexity index is 949. The van der Waals surface area contributed by atoms with Crippen molar-refractivity contribution in [1.82, 2.24) is 15.0 Å². The fourth-order valence-electron chi connectivity index (χ4n) is 3.36. The van der Waals surface area contributed by atoms with Crippen LogP contribution in [0.2, 0.25) is 0 Å². The van der Waals surface area contributed by atoms with E-state index in [4.69, 9.17) is 4.52 Å². The van der Waals surface area contributed by atoms with Crippen molar-refractivity contribution in [1.29, 1.82) is 0 Å². The molecule has 1 saturated heterocycles. The summed E-state index contributed by atoms with van der Waals surface area (Å²) in [5, 5.41) is 7.10. The van der Waals surface area contributed by atoms with Gasteiger partial charge in [-0.15, -0.1) is 0 Å². The molecular weight excluding hydrogens is 340 g/mol. The number of aromatic nitrogens is 2. The smallest absolute Gasteiger partial charge is 0.322 e. The number of para-hydroxylation sites is 1. The van der Waals surface area contributed by atoms with E-state index in [9.17, 15) is 4.79 Å². The molecule has 6 heteroatoms. The van der Waals surface area contributed by atoms with Gasteiger partial charge >= 0.3 is 6.03 Å². The minimum atomic E-state index is -0.194. The molecule has 2 heterocycles. The van der Waals surface area contributed by atoms with Crippen LogP contribution in [0.5, 0.6) is 0 Å². The summed E-state index contributed by atoms with van der Waals surface area (Å²) in [6, 6.07) is 15.4. The number of amides is 2. The van der Waals surface area contributed by atoms with E-state index in [1.165, 1.54) is 5.56 Å². The summed E-state index contributed by atoms with van der Waals surface area (Å²) in [6.45, 7) is 4.68. The Labute approximate surface area is 158 Å². The van der Waals surface area contributed by atoms with Crippen molar-refractivity contribution in [2.75, 3.05) is 11.9 Å². The fourth-order valence-corrected chi connectivity index (χ4v) is 3.36. The summed E-state index contributed by atoms with van der Waals surface area (Å²) in [6.07, 6.45) is 1.73. The van der Waals surface area contributed by atoms with Crippen LogP contribution in [0.25, 0.3) is 11.4 Å². The number of hydrogen-bond donors (Lipinski definition) is 1. The fraction of sp³-hybridized carbons (Fsp3) is 0.286. The number of anilines is 1. The highest BCUT2D eigenvalue weighted by Gasteiger charge is 2.34. The van der Waals surface area contributed by atoms with Crippen LogP contribution < -0.4 is 5.32 Å². The summed E-state index contributed by atoms with van der Waals surface area (Å²) in [4.78, 5) is 19.1. The van der Waals surface area contributed by atoms with E-state index in [-0.39, 0.29) is 12.1 Å². The van der Waals surface area contributed by atoms with Crippen molar-refractivity contribution < 1.29 is 9.32 Å². The maximum absolute atomic E-state index is 12.8. The Kier molecular flexibility index (Phi) is 4.62. The molecule has 1 atom stereocenters. The maximum Gasteiger partial charge on any atom is 0.322 e. The molecule has 27 heavy (non-hydrogen) atoms. The van der Waals surface area contributed by atoms with Gasteiger partial charge in [-0.25, -0.2) is 4.79 Å². The first-order chi connectivity index (χ1) is 13.1. The van der Waals surface area contributed by atoms with E-state index in [2.05, 4.69) is 15.5 Å². The lowest BCUT2D eigenvalue weighted by atomic mass is 10.1. The number of carbonyl (C=O) groups excluding carboxylic acids is 1. The minimum absolute atomic E-state index is 0.137. The van der Waals surface area contributed by atoms with Crippen LogP contribution in [0.1, 0.15) is 35.9 Å². The van der Waals surface area contributed by atoms with Crippen molar-refractivity contribution in [2.24, 2.45) is 0 Å². The molecule has 2 aromatic carbocycles. The lowest BCUT2D eigenvalue weighted by Crippen LogP contribution is -2.34. The van der Waals surface area contributed by atoms with Crippen molar-refractivity contribution in [3.63, 3.8) is 0 Å². The molecule has 1 aliphatic heterocycles. The van der Waals surface area contributed by atoms with Crippen LogP contribution >= 0.6 is 0 Å². The quantitative estimate of drug-likeness (QED) is 0.732. The zero-order chi connectivity index (χ0) is 18.8. The van der Waals surface area contributed by atoms with Crippen LogP contribution in [0.4, 0.5) is 10.5 Å². The molecule has 4 rings (SSSR count). The van der Waals surface area contributed by atoms with E-state index in [0.717, 1.165) is 29.7 Å². The second kappa shape index (κ2) is 7.23. The summed E-state index contributed by atoms with van der Waals surface area (Å²) in [5.41, 5.74) is 3.93. The van der Waals surface area contributed by atoms with Gasteiger partial charge in [0.1, 0.15) is 6.04 Å². The van der Waals surface area contributed by atoms with Gasteiger partial charge < -0.3 is 14.7 Å². The van der Waals surface area contributed by atoms with Crippen molar-refractivity contribution in [3.05, 3.63) is 65.5 Å². The molecule has 0 spiro atoms. The Morgan fingerprint density at radius 1 is 1.15 bits per heavy atom. The summed E-state index contributed by atoms with van der Waals surface area (Å²) >= 11 is 0. The Morgan fingerprint density at radius 3 is 2.70 bits per heavy atom. The molecule has 0 bridgehead atoms. The lowest BCUT2D eigenvalue weighted by molar-refractivity contribution is 0.193. The molecule has 1 N–H and O–H groups in total. The molecule has 6 nitrogen and oxygen atoms in total. The predicted molar refractivity (Wildman–Crippen MR) is 103 cm³/mol. The second-order valence-corrected chi connectivity index (χ2v) is 6.92. The molecule has 3 aromatic rings. The van der Waals surface area contributed by atoms with Gasteiger partial charge in [-0.1, -0.05) is 53.2 Å². The standard InChI is InChI=1S/C21H22N4O2/c1-14-9-11-16(12-10-14)19-23-20(27-24-19)18-8-5-13-25(18)21(26)22-17-7-4-3-6-15(17)2/h3-4,6-7,9-12,18H,5,8,13H2,1-2H3,(H,22,26). The molecule has 0 aliphatic carbocycles. The summed E-state index contributed by atoms with van der Waals surface area (Å²) in [7, 11) is 0. The number of carbonyl (C=O) groups is 1. The normalized spacial score (nSPS) is 16.5. The van der Waals surface area contributed by atoms with E-state index in [1.807, 2.05) is 62.4 Å². The van der Waals surface area contributed by atoms with Gasteiger partial charge in [-0.05, 0) is 38.3 Å². The molecular formula is C21H22N4O2. The van der Waals surface area contributed by atoms with Crippen LogP contribution in [0.3, 0.4) is 0 Å². The number of nitrogens with one attached hydrogen (secondary N) is 1. The average Bonchev–Trinajstić information content (AvgIpc) is 3.33. The second-order valence-electron chi connectivity index (χ2n) is 6.92. The number of aryl methyl sites for hydroxylation is 2. The highest BCUT2D eigenvalue weighted by Crippen LogP contribution is 2.32. The summed E-state index contributed by atoms with van der Waals surface area (Å²) in [5.74, 6) is 1.04. The number of urea groups is 1. The van der Waals surface area contributed by atoms with Crippen LogP contribution in [-0.4, -0.2) is 27.6 Å². The maximum atomic E-state index is 12.8. The third-order valence-electron chi connectivity index (χ3n) is 4.94. The summed E-state index contributed by atoms with van der Waals surface area (Å²) < 4.78 is 5.50. The monoisotopic (exact) mass is 362 g/mol. The average molecular weight is 362 g/mol. The van der Waals surface area contributed by atoms with Gasteiger partial charge in [0.15, 0.2) is 0 Å². The third kappa shape index (κ3) is 3.56. The van der Waals surface area contributed by atoms with Crippen LogP contribution in [0.15, 0.2) is 53.1 Å². The highest BCUT2D eigenvalue weighted by atomic mass is 16.5. The van der Waals surface area contributed by atoms with E-state index >= 15 is 0 Å². The third-order valence-corrected chi connectivity index (χ3v) is 4.94. The Hall–Kier alpha value is -3.15. The first-order valence-electron chi connectivity index (χ1n) is 9.16. The number of hydrogen-bond acceptors (Lipinski definition) is 4. The topological polar surface area (TPSA) is 71.3 Å². The molecule has 1 aliphatic rings.